The summed E-state index contributed by atoms with van der Waals surface area (Å²) in [6.45, 7) is 2.16. The Balaban J connectivity index is 0.00000243. The highest BCUT2D eigenvalue weighted by Crippen LogP contribution is 2.16. The van der Waals surface area contributed by atoms with Gasteiger partial charge in [-0.1, -0.05) is 30.3 Å². The molecule has 6 heteroatoms. The lowest BCUT2D eigenvalue weighted by atomic mass is 10.1. The van der Waals surface area contributed by atoms with Gasteiger partial charge < -0.3 is 15.3 Å². The van der Waals surface area contributed by atoms with Crippen LogP contribution in [0.5, 0.6) is 0 Å². The number of aliphatic hydroxyl groups excluding tert-OH is 1. The maximum absolute atomic E-state index is 13.0. The van der Waals surface area contributed by atoms with E-state index in [0.29, 0.717) is 5.56 Å². The monoisotopic (exact) mass is 469 g/mol. The van der Waals surface area contributed by atoms with Gasteiger partial charge in [0.25, 0.3) is 0 Å². The van der Waals surface area contributed by atoms with Crippen LogP contribution in [0.3, 0.4) is 0 Å². The highest BCUT2D eigenvalue weighted by Gasteiger charge is 2.16. The number of anilines is 1. The van der Waals surface area contributed by atoms with Crippen LogP contribution in [0.4, 0.5) is 10.1 Å². The number of guanidine groups is 1. The van der Waals surface area contributed by atoms with E-state index in [2.05, 4.69) is 15.2 Å². The molecule has 1 unspecified atom stereocenters. The first kappa shape index (κ1) is 20.6. The summed E-state index contributed by atoms with van der Waals surface area (Å²) in [5, 5.41) is 13.7. The van der Waals surface area contributed by atoms with Gasteiger partial charge in [0.05, 0.1) is 12.6 Å². The van der Waals surface area contributed by atoms with Gasteiger partial charge >= 0.3 is 0 Å². The lowest BCUT2D eigenvalue weighted by Gasteiger charge is -2.30. The molecule has 1 aliphatic rings. The van der Waals surface area contributed by atoms with Crippen LogP contribution >= 0.6 is 24.0 Å². The van der Waals surface area contributed by atoms with E-state index in [-0.39, 0.29) is 36.3 Å². The van der Waals surface area contributed by atoms with Crippen molar-refractivity contribution < 1.29 is 9.50 Å². The van der Waals surface area contributed by atoms with Gasteiger partial charge in [-0.15, -0.1) is 24.0 Å². The molecule has 1 aliphatic heterocycles. The van der Waals surface area contributed by atoms with E-state index < -0.39 is 6.10 Å². The zero-order valence-electron chi connectivity index (χ0n) is 14.6. The Hall–Kier alpha value is -1.67. The van der Waals surface area contributed by atoms with Gasteiger partial charge in [0.1, 0.15) is 5.82 Å². The minimum atomic E-state index is -0.752. The molecule has 1 saturated heterocycles. The average molecular weight is 469 g/mol. The summed E-state index contributed by atoms with van der Waals surface area (Å²) < 4.78 is 13.0. The maximum atomic E-state index is 13.0. The second-order valence-corrected chi connectivity index (χ2v) is 6.27. The number of para-hydroxylation sites is 1. The van der Waals surface area contributed by atoms with Crippen LogP contribution < -0.4 is 5.32 Å². The van der Waals surface area contributed by atoms with E-state index >= 15 is 0 Å². The minimum Gasteiger partial charge on any atom is -0.386 e. The van der Waals surface area contributed by atoms with Crippen molar-refractivity contribution in [3.8, 4) is 0 Å². The summed E-state index contributed by atoms with van der Waals surface area (Å²) in [6.07, 6.45) is 2.79. The molecule has 3 rings (SSSR count). The van der Waals surface area contributed by atoms with E-state index in [1.54, 1.807) is 12.1 Å². The van der Waals surface area contributed by atoms with Crippen LogP contribution in [-0.2, 0) is 0 Å². The smallest absolute Gasteiger partial charge is 0.198 e. The fourth-order valence-corrected chi connectivity index (χ4v) is 2.94. The van der Waals surface area contributed by atoms with E-state index in [9.17, 15) is 9.50 Å². The largest absolute Gasteiger partial charge is 0.386 e. The van der Waals surface area contributed by atoms with Gasteiger partial charge in [0.15, 0.2) is 5.96 Å². The van der Waals surface area contributed by atoms with Crippen molar-refractivity contribution in [1.29, 1.82) is 0 Å². The molecule has 1 fully saturated rings. The number of aliphatic hydroxyl groups is 1. The molecular formula is C20H25FIN3O. The lowest BCUT2D eigenvalue weighted by molar-refractivity contribution is 0.186. The van der Waals surface area contributed by atoms with Gasteiger partial charge in [-0.2, -0.15) is 0 Å². The molecule has 0 amide bonds. The van der Waals surface area contributed by atoms with Gasteiger partial charge in [-0.25, -0.2) is 9.38 Å². The van der Waals surface area contributed by atoms with Crippen molar-refractivity contribution in [3.63, 3.8) is 0 Å². The van der Waals surface area contributed by atoms with Crippen molar-refractivity contribution in [2.75, 3.05) is 25.0 Å². The molecule has 2 aromatic carbocycles. The molecule has 2 aromatic rings. The van der Waals surface area contributed by atoms with Crippen LogP contribution in [0.1, 0.15) is 30.9 Å². The molecule has 4 nitrogen and oxygen atoms in total. The predicted octanol–water partition coefficient (Wildman–Crippen LogP) is 4.43. The highest BCUT2D eigenvalue weighted by atomic mass is 127. The standard InChI is InChI=1S/C20H24FN3O.HI/c21-17-11-9-16(10-12-17)19(25)15-22-20(24-13-5-2-6-14-24)23-18-7-3-1-4-8-18;/h1,3-4,7-12,19,25H,2,5-6,13-15H2,(H,22,23);1H. The van der Waals surface area contributed by atoms with Crippen LogP contribution in [-0.4, -0.2) is 35.6 Å². The normalized spacial score (nSPS) is 15.9. The second kappa shape index (κ2) is 10.5. The number of likely N-dealkylation sites (tertiary alicyclic amines) is 1. The number of aliphatic imine (C=N–C) groups is 1. The zero-order chi connectivity index (χ0) is 17.5. The number of rotatable bonds is 4. The number of hydrogen-bond donors (Lipinski definition) is 2. The van der Waals surface area contributed by atoms with Crippen LogP contribution in [0.25, 0.3) is 0 Å². The quantitative estimate of drug-likeness (QED) is 0.396. The molecule has 0 bridgehead atoms. The molecule has 0 saturated carbocycles. The third-order valence-electron chi connectivity index (χ3n) is 4.35. The first-order valence-corrected chi connectivity index (χ1v) is 8.77. The summed E-state index contributed by atoms with van der Waals surface area (Å²) in [4.78, 5) is 6.86. The number of piperidine rings is 1. The van der Waals surface area contributed by atoms with Gasteiger partial charge in [0.2, 0.25) is 0 Å². The van der Waals surface area contributed by atoms with E-state index in [0.717, 1.165) is 37.6 Å². The Morgan fingerprint density at radius 3 is 2.35 bits per heavy atom. The Kier molecular flexibility index (Phi) is 8.31. The third-order valence-corrected chi connectivity index (χ3v) is 4.35. The number of nitrogens with one attached hydrogen (secondary N) is 1. The summed E-state index contributed by atoms with van der Waals surface area (Å²) in [5.41, 5.74) is 1.64. The molecule has 0 aliphatic carbocycles. The predicted molar refractivity (Wildman–Crippen MR) is 115 cm³/mol. The average Bonchev–Trinajstić information content (AvgIpc) is 2.67. The Morgan fingerprint density at radius 2 is 1.69 bits per heavy atom. The van der Waals surface area contributed by atoms with Gasteiger partial charge in [0, 0.05) is 18.8 Å². The Morgan fingerprint density at radius 1 is 1.04 bits per heavy atom. The molecular weight excluding hydrogens is 444 g/mol. The van der Waals surface area contributed by atoms with Crippen LogP contribution in [0.15, 0.2) is 59.6 Å². The topological polar surface area (TPSA) is 47.9 Å². The Labute approximate surface area is 171 Å². The summed E-state index contributed by atoms with van der Waals surface area (Å²) in [5.74, 6) is 0.478. The molecule has 26 heavy (non-hydrogen) atoms. The van der Waals surface area contributed by atoms with Crippen molar-refractivity contribution in [2.24, 2.45) is 4.99 Å². The molecule has 2 N–H and O–H groups in total. The molecule has 0 radical (unpaired) electrons. The second-order valence-electron chi connectivity index (χ2n) is 6.27. The first-order valence-electron chi connectivity index (χ1n) is 8.77. The van der Waals surface area contributed by atoms with Crippen molar-refractivity contribution in [1.82, 2.24) is 4.90 Å². The Bertz CT molecular complexity index is 688. The maximum Gasteiger partial charge on any atom is 0.198 e. The van der Waals surface area contributed by atoms with Crippen molar-refractivity contribution in [2.45, 2.75) is 25.4 Å². The highest BCUT2D eigenvalue weighted by molar-refractivity contribution is 14.0. The number of hydrogen-bond acceptors (Lipinski definition) is 2. The zero-order valence-corrected chi connectivity index (χ0v) is 17.0. The summed E-state index contributed by atoms with van der Waals surface area (Å²) in [7, 11) is 0. The van der Waals surface area contributed by atoms with E-state index in [1.807, 2.05) is 30.3 Å². The first-order chi connectivity index (χ1) is 12.2. The third kappa shape index (κ3) is 5.95. The van der Waals surface area contributed by atoms with Gasteiger partial charge in [-0.05, 0) is 49.1 Å². The fraction of sp³-hybridized carbons (Fsp3) is 0.350. The molecule has 1 heterocycles. The summed E-state index contributed by atoms with van der Waals surface area (Å²) >= 11 is 0. The molecule has 0 spiro atoms. The minimum absolute atomic E-state index is 0. The molecule has 1 atom stereocenters. The lowest BCUT2D eigenvalue weighted by Crippen LogP contribution is -2.40. The van der Waals surface area contributed by atoms with E-state index in [1.165, 1.54) is 18.6 Å². The number of benzene rings is 2. The molecule has 140 valence electrons. The summed E-state index contributed by atoms with van der Waals surface area (Å²) in [6, 6.07) is 15.8. The van der Waals surface area contributed by atoms with E-state index in [4.69, 9.17) is 0 Å². The fourth-order valence-electron chi connectivity index (χ4n) is 2.94. The number of nitrogens with zero attached hydrogens (tertiary/aromatic N) is 2. The van der Waals surface area contributed by atoms with Crippen LogP contribution in [0, 0.1) is 5.82 Å². The SMILES string of the molecule is I.OC(CN=C(Nc1ccccc1)N1CCCCC1)c1ccc(F)cc1. The van der Waals surface area contributed by atoms with Crippen LogP contribution in [0.2, 0.25) is 0 Å². The van der Waals surface area contributed by atoms with Gasteiger partial charge in [-0.3, -0.25) is 0 Å². The number of halogens is 2. The van der Waals surface area contributed by atoms with Crippen molar-refractivity contribution in [3.05, 3.63) is 66.0 Å². The molecule has 0 aromatic heterocycles. The van der Waals surface area contributed by atoms with Crippen molar-refractivity contribution >= 4 is 35.6 Å².